The van der Waals surface area contributed by atoms with Gasteiger partial charge in [0.2, 0.25) is 11.7 Å². The summed E-state index contributed by atoms with van der Waals surface area (Å²) in [5.74, 6) is -4.05. The molecule has 0 radical (unpaired) electrons. The van der Waals surface area contributed by atoms with Gasteiger partial charge in [0, 0.05) is 29.4 Å². The Kier molecular flexibility index (Phi) is 4.81. The number of aliphatic hydroxyl groups excluding tert-OH is 1. The number of nitrogens with one attached hydrogen (secondary N) is 1. The van der Waals surface area contributed by atoms with Gasteiger partial charge in [0.05, 0.1) is 25.5 Å². The third-order valence-corrected chi connectivity index (χ3v) is 5.82. The van der Waals surface area contributed by atoms with Gasteiger partial charge >= 0.3 is 5.92 Å². The minimum absolute atomic E-state index is 0.0113. The Balaban J connectivity index is 1.35. The van der Waals surface area contributed by atoms with E-state index < -0.39 is 17.4 Å². The lowest BCUT2D eigenvalue weighted by Crippen LogP contribution is -2.22. The number of nitrogens with zero attached hydrogens (tertiary/aromatic N) is 8. The molecule has 1 amide bonds. The largest absolute Gasteiger partial charge is 0.394 e. The van der Waals surface area contributed by atoms with E-state index in [-0.39, 0.29) is 29.9 Å². The second kappa shape index (κ2) is 7.91. The molecule has 0 aliphatic heterocycles. The number of halogens is 2. The third-order valence-electron chi connectivity index (χ3n) is 5.82. The molecule has 0 aromatic carbocycles. The summed E-state index contributed by atoms with van der Waals surface area (Å²) in [6, 6.07) is 5.91. The van der Waals surface area contributed by atoms with Crippen LogP contribution in [0.5, 0.6) is 0 Å². The van der Waals surface area contributed by atoms with Crippen LogP contribution in [0.1, 0.15) is 24.4 Å². The molecule has 6 rings (SSSR count). The van der Waals surface area contributed by atoms with E-state index in [1.54, 1.807) is 29.2 Å². The monoisotopic (exact) mass is 479 g/mol. The molecule has 5 aromatic rings. The minimum atomic E-state index is -3.57. The van der Waals surface area contributed by atoms with Crippen molar-refractivity contribution in [1.82, 2.24) is 39.0 Å². The molecule has 2 N–H and O–H groups in total. The van der Waals surface area contributed by atoms with Crippen LogP contribution in [0.15, 0.2) is 49.1 Å². The van der Waals surface area contributed by atoms with Crippen molar-refractivity contribution in [2.24, 2.45) is 5.92 Å². The zero-order chi connectivity index (χ0) is 24.2. The van der Waals surface area contributed by atoms with Crippen LogP contribution in [-0.2, 0) is 17.3 Å². The Morgan fingerprint density at radius 2 is 1.91 bits per heavy atom. The molecule has 0 unspecified atom stereocenters. The summed E-state index contributed by atoms with van der Waals surface area (Å²) in [5, 5.41) is 27.6. The third kappa shape index (κ3) is 3.79. The van der Waals surface area contributed by atoms with E-state index in [4.69, 9.17) is 5.11 Å². The lowest BCUT2D eigenvalue weighted by atomic mass is 10.1. The number of aliphatic hydroxyl groups is 1. The molecule has 0 bridgehead atoms. The van der Waals surface area contributed by atoms with Gasteiger partial charge in [-0.2, -0.15) is 19.0 Å². The highest BCUT2D eigenvalue weighted by Gasteiger charge is 2.41. The quantitative estimate of drug-likeness (QED) is 0.366. The zero-order valence-electron chi connectivity index (χ0n) is 18.2. The molecule has 178 valence electrons. The molecule has 13 heteroatoms. The number of pyridine rings is 1. The Bertz CT molecular complexity index is 1570. The van der Waals surface area contributed by atoms with Crippen LogP contribution >= 0.6 is 0 Å². The minimum Gasteiger partial charge on any atom is -0.394 e. The van der Waals surface area contributed by atoms with Crippen LogP contribution in [0.4, 0.5) is 14.6 Å². The molecule has 0 spiro atoms. The highest BCUT2D eigenvalue weighted by Crippen LogP contribution is 2.34. The number of alkyl halides is 2. The number of anilines is 1. The van der Waals surface area contributed by atoms with Gasteiger partial charge in [-0.3, -0.25) is 13.9 Å². The Hall–Kier alpha value is -4.26. The molecule has 35 heavy (non-hydrogen) atoms. The van der Waals surface area contributed by atoms with Gasteiger partial charge in [0.15, 0.2) is 17.1 Å². The molecule has 1 saturated carbocycles. The highest BCUT2D eigenvalue weighted by atomic mass is 19.3. The average Bonchev–Trinajstić information content (AvgIpc) is 3.25. The lowest BCUT2D eigenvalue weighted by molar-refractivity contribution is -0.117. The first-order chi connectivity index (χ1) is 16.9. The second-order valence-corrected chi connectivity index (χ2v) is 8.37. The fourth-order valence-corrected chi connectivity index (χ4v) is 3.81. The topological polar surface area (TPSA) is 128 Å². The van der Waals surface area contributed by atoms with E-state index in [0.717, 1.165) is 12.8 Å². The van der Waals surface area contributed by atoms with E-state index in [1.165, 1.54) is 33.4 Å². The smallest absolute Gasteiger partial charge is 0.350 e. The Morgan fingerprint density at radius 1 is 1.09 bits per heavy atom. The number of amides is 1. The standard InChI is InChI=1S/C22H19F2N9O2/c23-22(24,16-4-6-18-26-17(12-33(18)30-16)27-20(35)13-1-2-13)21-29-28-19-5-3-14(11-32(19)21)15-9-25-31(10-15)7-8-34/h3-6,9-13,34H,1-2,7-8H2,(H,27,35). The van der Waals surface area contributed by atoms with Crippen molar-refractivity contribution in [3.8, 4) is 11.1 Å². The SMILES string of the molecule is O=C(Nc1cn2nc(C(F)(F)c3nnc4ccc(-c5cnn(CCO)c5)cn34)ccc2n1)C1CC1. The summed E-state index contributed by atoms with van der Waals surface area (Å²) in [6.45, 7) is 0.261. The fraction of sp³-hybridized carbons (Fsp3) is 0.273. The number of aromatic nitrogens is 8. The van der Waals surface area contributed by atoms with Crippen molar-refractivity contribution in [3.63, 3.8) is 0 Å². The van der Waals surface area contributed by atoms with Gasteiger partial charge in [-0.15, -0.1) is 10.2 Å². The van der Waals surface area contributed by atoms with Gasteiger partial charge in [-0.1, -0.05) is 0 Å². The summed E-state index contributed by atoms with van der Waals surface area (Å²) in [5.41, 5.74) is 1.36. The van der Waals surface area contributed by atoms with Crippen molar-refractivity contribution in [2.45, 2.75) is 25.3 Å². The maximum atomic E-state index is 15.6. The predicted molar refractivity (Wildman–Crippen MR) is 119 cm³/mol. The average molecular weight is 479 g/mol. The number of hydrogen-bond acceptors (Lipinski definition) is 7. The van der Waals surface area contributed by atoms with E-state index in [2.05, 4.69) is 30.7 Å². The molecule has 1 aliphatic rings. The number of fused-ring (bicyclic) bond motifs is 2. The Morgan fingerprint density at radius 3 is 2.71 bits per heavy atom. The van der Waals surface area contributed by atoms with Crippen molar-refractivity contribution in [3.05, 3.63) is 60.6 Å². The van der Waals surface area contributed by atoms with Crippen molar-refractivity contribution in [1.29, 1.82) is 0 Å². The molecular formula is C22H19F2N9O2. The van der Waals surface area contributed by atoms with Gasteiger partial charge < -0.3 is 10.4 Å². The van der Waals surface area contributed by atoms with Crippen molar-refractivity contribution < 1.29 is 18.7 Å². The molecule has 11 nitrogen and oxygen atoms in total. The Labute approximate surface area is 196 Å². The van der Waals surface area contributed by atoms with Crippen LogP contribution in [-0.4, -0.2) is 56.6 Å². The van der Waals surface area contributed by atoms with E-state index >= 15 is 8.78 Å². The van der Waals surface area contributed by atoms with Crippen LogP contribution in [0, 0.1) is 5.92 Å². The zero-order valence-corrected chi connectivity index (χ0v) is 18.2. The molecule has 1 fully saturated rings. The van der Waals surface area contributed by atoms with Gasteiger partial charge in [0.1, 0.15) is 5.69 Å². The maximum Gasteiger partial charge on any atom is 0.350 e. The summed E-state index contributed by atoms with van der Waals surface area (Å²) < 4.78 is 35.2. The van der Waals surface area contributed by atoms with E-state index in [1.807, 2.05) is 0 Å². The molecule has 5 aromatic heterocycles. The molecular weight excluding hydrogens is 460 g/mol. The number of carbonyl (C=O) groups is 1. The van der Waals surface area contributed by atoms with Gasteiger partial charge in [-0.05, 0) is 37.1 Å². The van der Waals surface area contributed by atoms with E-state index in [0.29, 0.717) is 23.3 Å². The van der Waals surface area contributed by atoms with Crippen LogP contribution in [0.3, 0.4) is 0 Å². The first-order valence-electron chi connectivity index (χ1n) is 11.0. The number of imidazole rings is 1. The normalized spacial score (nSPS) is 14.1. The van der Waals surface area contributed by atoms with Crippen LogP contribution in [0.2, 0.25) is 0 Å². The number of rotatable bonds is 7. The van der Waals surface area contributed by atoms with Gasteiger partial charge in [0.25, 0.3) is 0 Å². The summed E-state index contributed by atoms with van der Waals surface area (Å²) in [7, 11) is 0. The summed E-state index contributed by atoms with van der Waals surface area (Å²) >= 11 is 0. The van der Waals surface area contributed by atoms with Crippen LogP contribution < -0.4 is 5.32 Å². The predicted octanol–water partition coefficient (Wildman–Crippen LogP) is 2.12. The fourth-order valence-electron chi connectivity index (χ4n) is 3.81. The number of carbonyl (C=O) groups excluding carboxylic acids is 1. The maximum absolute atomic E-state index is 15.6. The molecule has 0 saturated heterocycles. The van der Waals surface area contributed by atoms with Crippen molar-refractivity contribution >= 4 is 23.0 Å². The molecule has 5 heterocycles. The van der Waals surface area contributed by atoms with Gasteiger partial charge in [-0.25, -0.2) is 9.50 Å². The second-order valence-electron chi connectivity index (χ2n) is 8.37. The molecule has 0 atom stereocenters. The van der Waals surface area contributed by atoms with Crippen LogP contribution in [0.25, 0.3) is 22.4 Å². The highest BCUT2D eigenvalue weighted by molar-refractivity contribution is 5.93. The number of hydrogen-bond donors (Lipinski definition) is 2. The lowest BCUT2D eigenvalue weighted by Gasteiger charge is -2.14. The first kappa shape index (κ1) is 21.3. The van der Waals surface area contributed by atoms with Crippen molar-refractivity contribution in [2.75, 3.05) is 11.9 Å². The summed E-state index contributed by atoms with van der Waals surface area (Å²) in [6.07, 6.45) is 7.90. The molecule has 1 aliphatic carbocycles. The van der Waals surface area contributed by atoms with E-state index in [9.17, 15) is 4.79 Å². The first-order valence-corrected chi connectivity index (χ1v) is 11.0. The summed E-state index contributed by atoms with van der Waals surface area (Å²) in [4.78, 5) is 16.2.